The van der Waals surface area contributed by atoms with Crippen LogP contribution >= 0.6 is 11.6 Å². The lowest BCUT2D eigenvalue weighted by Crippen LogP contribution is -1.97. The molecule has 0 aliphatic rings. The third-order valence-electron chi connectivity index (χ3n) is 2.07. The van der Waals surface area contributed by atoms with Crippen LogP contribution in [-0.2, 0) is 0 Å². The molecule has 0 spiro atoms. The van der Waals surface area contributed by atoms with Gasteiger partial charge in [-0.1, -0.05) is 23.7 Å². The van der Waals surface area contributed by atoms with Gasteiger partial charge in [-0.25, -0.2) is 4.98 Å². The van der Waals surface area contributed by atoms with E-state index in [1.165, 1.54) is 6.20 Å². The number of nitrogens with two attached hydrogens (primary N) is 1. The lowest BCUT2D eigenvalue weighted by atomic mass is 10.2. The molecule has 5 heteroatoms. The number of rotatable bonds is 2. The summed E-state index contributed by atoms with van der Waals surface area (Å²) >= 11 is 5.75. The van der Waals surface area contributed by atoms with Gasteiger partial charge in [0.25, 0.3) is 0 Å². The Balaban J connectivity index is 2.34. The highest BCUT2D eigenvalue weighted by Crippen LogP contribution is 2.29. The molecule has 1 heterocycles. The zero-order chi connectivity index (χ0) is 11.5. The molecule has 0 amide bonds. The molecule has 1 aromatic carbocycles. The molecule has 0 saturated carbocycles. The summed E-state index contributed by atoms with van der Waals surface area (Å²) in [5, 5.41) is 12.9. The number of aromatic nitrogens is 1. The number of nitrogens with one attached hydrogen (secondary N) is 1. The van der Waals surface area contributed by atoms with E-state index in [2.05, 4.69) is 10.3 Å². The van der Waals surface area contributed by atoms with Crippen molar-refractivity contribution in [3.05, 3.63) is 41.7 Å². The van der Waals surface area contributed by atoms with Crippen LogP contribution in [0, 0.1) is 0 Å². The van der Waals surface area contributed by atoms with Crippen LogP contribution in [0.3, 0.4) is 0 Å². The number of pyridine rings is 1. The Hall–Kier alpha value is -1.94. The van der Waals surface area contributed by atoms with E-state index in [9.17, 15) is 5.11 Å². The van der Waals surface area contributed by atoms with Gasteiger partial charge in [-0.2, -0.15) is 0 Å². The predicted molar refractivity (Wildman–Crippen MR) is 65.0 cm³/mol. The van der Waals surface area contributed by atoms with Gasteiger partial charge < -0.3 is 16.2 Å². The van der Waals surface area contributed by atoms with E-state index in [0.29, 0.717) is 22.2 Å². The van der Waals surface area contributed by atoms with Crippen LogP contribution in [0.15, 0.2) is 36.5 Å². The fourth-order valence-electron chi connectivity index (χ4n) is 1.27. The van der Waals surface area contributed by atoms with Crippen molar-refractivity contribution in [3.8, 4) is 5.75 Å². The van der Waals surface area contributed by atoms with Crippen LogP contribution in [0.25, 0.3) is 0 Å². The number of anilines is 3. The SMILES string of the molecule is Nc1cnc(Cl)cc1Nc1ccccc1O. The van der Waals surface area contributed by atoms with Crippen molar-refractivity contribution in [3.63, 3.8) is 0 Å². The zero-order valence-corrected chi connectivity index (χ0v) is 9.07. The minimum Gasteiger partial charge on any atom is -0.506 e. The van der Waals surface area contributed by atoms with Gasteiger partial charge in [0.2, 0.25) is 0 Å². The van der Waals surface area contributed by atoms with E-state index in [-0.39, 0.29) is 5.75 Å². The summed E-state index contributed by atoms with van der Waals surface area (Å²) in [6.45, 7) is 0. The molecule has 0 unspecified atom stereocenters. The second kappa shape index (κ2) is 4.28. The predicted octanol–water partition coefficient (Wildman–Crippen LogP) is 2.77. The van der Waals surface area contributed by atoms with Crippen LogP contribution in [0.5, 0.6) is 5.75 Å². The maximum absolute atomic E-state index is 9.58. The van der Waals surface area contributed by atoms with Gasteiger partial charge in [0, 0.05) is 6.07 Å². The van der Waals surface area contributed by atoms with Crippen LogP contribution in [0.2, 0.25) is 5.15 Å². The van der Waals surface area contributed by atoms with Crippen molar-refractivity contribution in [1.82, 2.24) is 4.98 Å². The van der Waals surface area contributed by atoms with E-state index >= 15 is 0 Å². The maximum Gasteiger partial charge on any atom is 0.139 e. The summed E-state index contributed by atoms with van der Waals surface area (Å²) in [6, 6.07) is 8.47. The fraction of sp³-hybridized carbons (Fsp3) is 0. The van der Waals surface area contributed by atoms with Gasteiger partial charge in [0.1, 0.15) is 10.9 Å². The third kappa shape index (κ3) is 2.17. The molecule has 82 valence electrons. The fourth-order valence-corrected chi connectivity index (χ4v) is 1.43. The number of phenolic OH excluding ortho intramolecular Hbond substituents is 1. The minimum atomic E-state index is 0.148. The van der Waals surface area contributed by atoms with Crippen LogP contribution in [-0.4, -0.2) is 10.1 Å². The van der Waals surface area contributed by atoms with Crippen LogP contribution in [0.4, 0.5) is 17.1 Å². The molecule has 0 bridgehead atoms. The summed E-state index contributed by atoms with van der Waals surface area (Å²) in [5.41, 5.74) is 7.37. The highest BCUT2D eigenvalue weighted by atomic mass is 35.5. The Kier molecular flexibility index (Phi) is 2.83. The monoisotopic (exact) mass is 235 g/mol. The normalized spacial score (nSPS) is 10.1. The highest BCUT2D eigenvalue weighted by molar-refractivity contribution is 6.29. The lowest BCUT2D eigenvalue weighted by Gasteiger charge is -2.10. The molecule has 2 rings (SSSR count). The van der Waals surface area contributed by atoms with E-state index < -0.39 is 0 Å². The van der Waals surface area contributed by atoms with Gasteiger partial charge in [0.05, 0.1) is 23.3 Å². The van der Waals surface area contributed by atoms with Gasteiger partial charge in [-0.3, -0.25) is 0 Å². The van der Waals surface area contributed by atoms with Crippen molar-refractivity contribution in [2.24, 2.45) is 0 Å². The first-order valence-electron chi connectivity index (χ1n) is 4.63. The Morgan fingerprint density at radius 1 is 1.25 bits per heavy atom. The second-order valence-corrected chi connectivity index (χ2v) is 3.62. The summed E-state index contributed by atoms with van der Waals surface area (Å²) in [5.74, 6) is 0.148. The molecule has 0 saturated heterocycles. The number of hydrogen-bond donors (Lipinski definition) is 3. The van der Waals surface area contributed by atoms with E-state index in [4.69, 9.17) is 17.3 Å². The Morgan fingerprint density at radius 2 is 2.00 bits per heavy atom. The first kappa shape index (κ1) is 10.6. The summed E-state index contributed by atoms with van der Waals surface area (Å²) in [6.07, 6.45) is 1.46. The smallest absolute Gasteiger partial charge is 0.139 e. The second-order valence-electron chi connectivity index (χ2n) is 3.24. The quantitative estimate of drug-likeness (QED) is 0.553. The molecule has 0 aliphatic heterocycles. The molecule has 4 N–H and O–H groups in total. The van der Waals surface area contributed by atoms with Crippen molar-refractivity contribution >= 4 is 28.7 Å². The lowest BCUT2D eigenvalue weighted by molar-refractivity contribution is 0.478. The largest absolute Gasteiger partial charge is 0.506 e. The standard InChI is InChI=1S/C11H10ClN3O/c12-11-5-9(7(13)6-14-11)15-8-3-1-2-4-10(8)16/h1-6,16H,13H2,(H,14,15). The minimum absolute atomic E-state index is 0.148. The molecular formula is C11H10ClN3O. The van der Waals surface area contributed by atoms with Gasteiger partial charge in [0.15, 0.2) is 0 Å². The summed E-state index contributed by atoms with van der Waals surface area (Å²) in [7, 11) is 0. The maximum atomic E-state index is 9.58. The molecule has 4 nitrogen and oxygen atoms in total. The molecule has 0 radical (unpaired) electrons. The Labute approximate surface area is 97.7 Å². The van der Waals surface area contributed by atoms with Crippen molar-refractivity contribution < 1.29 is 5.11 Å². The zero-order valence-electron chi connectivity index (χ0n) is 8.31. The van der Waals surface area contributed by atoms with E-state index in [1.807, 2.05) is 0 Å². The van der Waals surface area contributed by atoms with Crippen molar-refractivity contribution in [2.45, 2.75) is 0 Å². The highest BCUT2D eigenvalue weighted by Gasteiger charge is 2.04. The Bertz CT molecular complexity index is 516. The number of aromatic hydroxyl groups is 1. The number of benzene rings is 1. The molecule has 0 fully saturated rings. The number of phenols is 1. The van der Waals surface area contributed by atoms with Crippen molar-refractivity contribution in [2.75, 3.05) is 11.1 Å². The van der Waals surface area contributed by atoms with E-state index in [0.717, 1.165) is 0 Å². The number of hydrogen-bond acceptors (Lipinski definition) is 4. The van der Waals surface area contributed by atoms with Gasteiger partial charge in [-0.15, -0.1) is 0 Å². The molecule has 16 heavy (non-hydrogen) atoms. The third-order valence-corrected chi connectivity index (χ3v) is 2.28. The molecule has 0 atom stereocenters. The Morgan fingerprint density at radius 3 is 2.75 bits per heavy atom. The van der Waals surface area contributed by atoms with E-state index in [1.54, 1.807) is 30.3 Å². The number of halogens is 1. The molecule has 0 aliphatic carbocycles. The average molecular weight is 236 g/mol. The summed E-state index contributed by atoms with van der Waals surface area (Å²) in [4.78, 5) is 3.84. The number of nitrogen functional groups attached to an aromatic ring is 1. The van der Waals surface area contributed by atoms with Gasteiger partial charge >= 0.3 is 0 Å². The molecular weight excluding hydrogens is 226 g/mol. The topological polar surface area (TPSA) is 71.2 Å². The first-order chi connectivity index (χ1) is 7.66. The van der Waals surface area contributed by atoms with Crippen molar-refractivity contribution in [1.29, 1.82) is 0 Å². The van der Waals surface area contributed by atoms with Crippen LogP contribution < -0.4 is 11.1 Å². The molecule has 2 aromatic rings. The number of para-hydroxylation sites is 2. The number of nitrogens with zero attached hydrogens (tertiary/aromatic N) is 1. The summed E-state index contributed by atoms with van der Waals surface area (Å²) < 4.78 is 0. The molecule has 1 aromatic heterocycles. The van der Waals surface area contributed by atoms with Crippen LogP contribution in [0.1, 0.15) is 0 Å². The average Bonchev–Trinajstić information content (AvgIpc) is 2.27. The first-order valence-corrected chi connectivity index (χ1v) is 5.00. The van der Waals surface area contributed by atoms with Gasteiger partial charge in [-0.05, 0) is 12.1 Å².